The van der Waals surface area contributed by atoms with Gasteiger partial charge in [0.15, 0.2) is 0 Å². The molecule has 7 rings (SSSR count). The third-order valence-electron chi connectivity index (χ3n) is 6.57. The average molecular weight is 517 g/mol. The molecule has 0 amide bonds. The number of hydrogen-bond acceptors (Lipinski definition) is 0. The second-order valence-corrected chi connectivity index (χ2v) is 9.25. The molecule has 0 aliphatic rings. The van der Waals surface area contributed by atoms with Crippen molar-refractivity contribution in [2.75, 3.05) is 0 Å². The molecule has 0 nitrogen and oxygen atoms in total. The van der Waals surface area contributed by atoms with Crippen LogP contribution in [0.25, 0.3) is 65.3 Å². The lowest BCUT2D eigenvalue weighted by atomic mass is 9.87. The summed E-state index contributed by atoms with van der Waals surface area (Å²) in [7, 11) is 0. The van der Waals surface area contributed by atoms with E-state index in [1.165, 1.54) is 0 Å². The first-order chi connectivity index (χ1) is 20.6. The maximum Gasteiger partial charge on any atom is 0.0630 e. The van der Waals surface area contributed by atoms with Crippen molar-refractivity contribution in [3.05, 3.63) is 132 Å². The lowest BCUT2D eigenvalue weighted by Crippen LogP contribution is -1.90. The van der Waals surface area contributed by atoms with Gasteiger partial charge < -0.3 is 0 Å². The highest BCUT2D eigenvalue weighted by Gasteiger charge is 2.16. The number of benzene rings is 7. The van der Waals surface area contributed by atoms with E-state index in [1.54, 1.807) is 0 Å². The molecule has 0 atom stereocenters. The third-order valence-corrected chi connectivity index (χ3v) is 7.36. The van der Waals surface area contributed by atoms with Gasteiger partial charge in [0.2, 0.25) is 0 Å². The van der Waals surface area contributed by atoms with Crippen LogP contribution in [0.4, 0.5) is 0 Å². The fourth-order valence-corrected chi connectivity index (χ4v) is 5.58. The molecule has 0 fully saturated rings. The van der Waals surface area contributed by atoms with E-state index in [4.69, 9.17) is 11.0 Å². The van der Waals surface area contributed by atoms with E-state index < -0.39 is 24.2 Å². The highest BCUT2D eigenvalue weighted by Crippen LogP contribution is 2.44. The van der Waals surface area contributed by atoms with Crippen LogP contribution in [0.2, 0.25) is 0 Å². The van der Waals surface area contributed by atoms with Crippen LogP contribution in [0.1, 0.15) is 11.0 Å². The maximum absolute atomic E-state index is 8.97. The Morgan fingerprint density at radius 3 is 1.74 bits per heavy atom. The first kappa shape index (κ1) is 13.8. The highest BCUT2D eigenvalue weighted by atomic mass is 79.9. The van der Waals surface area contributed by atoms with Crippen LogP contribution in [0.5, 0.6) is 0 Å². The maximum atomic E-state index is 8.97. The van der Waals surface area contributed by atoms with Crippen molar-refractivity contribution < 1.29 is 11.0 Å². The van der Waals surface area contributed by atoms with Gasteiger partial charge in [-0.2, -0.15) is 0 Å². The van der Waals surface area contributed by atoms with Gasteiger partial charge in [-0.1, -0.05) is 121 Å². The first-order valence-corrected chi connectivity index (χ1v) is 12.0. The first-order valence-electron chi connectivity index (χ1n) is 15.2. The summed E-state index contributed by atoms with van der Waals surface area (Å²) in [4.78, 5) is 0. The zero-order valence-electron chi connectivity index (χ0n) is 26.4. The standard InChI is InChI=1S/C34H21Br/c35-34-31-13-5-3-11-29(31)33(30-12-4-6-14-32(30)34)28-18-8-16-26-25(15-7-17-27(26)28)24-20-19-22-9-1-2-10-23(22)21-24/h1-21H/i3D,4D,5D,6D,11D,12D,13D,14D. The summed E-state index contributed by atoms with van der Waals surface area (Å²) in [5, 5.41) is 4.65. The Morgan fingerprint density at radius 2 is 1.06 bits per heavy atom. The quantitative estimate of drug-likeness (QED) is 0.200. The normalized spacial score (nSPS) is 14.8. The van der Waals surface area contributed by atoms with Gasteiger partial charge in [0.1, 0.15) is 0 Å². The van der Waals surface area contributed by atoms with E-state index in [-0.39, 0.29) is 50.2 Å². The fourth-order valence-electron chi connectivity index (χ4n) is 4.99. The minimum atomic E-state index is -0.416. The van der Waals surface area contributed by atoms with E-state index in [0.29, 0.717) is 11.1 Å². The molecule has 0 spiro atoms. The molecule has 0 bridgehead atoms. The third kappa shape index (κ3) is 3.20. The van der Waals surface area contributed by atoms with Crippen LogP contribution in [0.3, 0.4) is 0 Å². The lowest BCUT2D eigenvalue weighted by molar-refractivity contribution is 1.67. The Bertz CT molecular complexity index is 2270. The Morgan fingerprint density at radius 1 is 0.486 bits per heavy atom. The molecule has 0 radical (unpaired) electrons. The van der Waals surface area contributed by atoms with Gasteiger partial charge in [-0.25, -0.2) is 0 Å². The molecule has 0 aliphatic carbocycles. The van der Waals surface area contributed by atoms with Gasteiger partial charge >= 0.3 is 0 Å². The number of rotatable bonds is 2. The summed E-state index contributed by atoms with van der Waals surface area (Å²) in [5.74, 6) is 0. The Balaban J connectivity index is 1.69. The predicted octanol–water partition coefficient (Wildman–Crippen LogP) is 10.4. The molecule has 0 heterocycles. The Labute approximate surface area is 223 Å². The molecule has 164 valence electrons. The molecule has 7 aromatic carbocycles. The van der Waals surface area contributed by atoms with E-state index in [9.17, 15) is 0 Å². The molecule has 1 heteroatoms. The summed E-state index contributed by atoms with van der Waals surface area (Å²) >= 11 is 3.49. The Hall–Kier alpha value is -3.94. The van der Waals surface area contributed by atoms with Crippen molar-refractivity contribution in [2.45, 2.75) is 0 Å². The second-order valence-electron chi connectivity index (χ2n) is 8.46. The average Bonchev–Trinajstić information content (AvgIpc) is 3.03. The van der Waals surface area contributed by atoms with E-state index in [0.717, 1.165) is 32.7 Å². The van der Waals surface area contributed by atoms with Crippen molar-refractivity contribution in [1.29, 1.82) is 0 Å². The molecule has 0 saturated heterocycles. The summed E-state index contributed by atoms with van der Waals surface area (Å²) < 4.78 is 69.4. The summed E-state index contributed by atoms with van der Waals surface area (Å²) in [6.07, 6.45) is 0. The van der Waals surface area contributed by atoms with Crippen molar-refractivity contribution in [2.24, 2.45) is 0 Å². The molecule has 0 saturated carbocycles. The van der Waals surface area contributed by atoms with Gasteiger partial charge in [-0.15, -0.1) is 0 Å². The predicted molar refractivity (Wildman–Crippen MR) is 155 cm³/mol. The minimum absolute atomic E-state index is 0.168. The molecule has 0 aliphatic heterocycles. The van der Waals surface area contributed by atoms with Crippen molar-refractivity contribution in [3.63, 3.8) is 0 Å². The molecule has 0 unspecified atom stereocenters. The van der Waals surface area contributed by atoms with E-state index in [1.807, 2.05) is 48.5 Å². The van der Waals surface area contributed by atoms with Crippen LogP contribution < -0.4 is 0 Å². The number of halogens is 1. The van der Waals surface area contributed by atoms with Crippen molar-refractivity contribution >= 4 is 59.0 Å². The van der Waals surface area contributed by atoms with Gasteiger partial charge in [-0.05, 0) is 87.3 Å². The summed E-state index contributed by atoms with van der Waals surface area (Å²) in [5.41, 5.74) is 2.93. The summed E-state index contributed by atoms with van der Waals surface area (Å²) in [6.45, 7) is 0. The van der Waals surface area contributed by atoms with Crippen LogP contribution in [-0.4, -0.2) is 0 Å². The second kappa shape index (κ2) is 8.08. The van der Waals surface area contributed by atoms with Crippen LogP contribution in [0.15, 0.2) is 132 Å². The SMILES string of the molecule is [2H]c1c([2H])c([2H])c2c(-c3cccc4c(-c5ccc6ccccc6c5)cccc34)c3c([2H])c([2H])c([2H])c([2H])c3c(Br)c2c1[2H]. The fraction of sp³-hybridized carbons (Fsp3) is 0. The Kier molecular flexibility index (Phi) is 3.19. The molecular formula is C34H21Br. The zero-order chi connectivity index (χ0) is 30.3. The smallest absolute Gasteiger partial charge is 0.0616 e. The largest absolute Gasteiger partial charge is 0.0630 e. The van der Waals surface area contributed by atoms with Gasteiger partial charge in [-0.3, -0.25) is 0 Å². The highest BCUT2D eigenvalue weighted by molar-refractivity contribution is 9.10. The molecule has 7 aromatic rings. The number of fused-ring (bicyclic) bond motifs is 4. The summed E-state index contributed by atoms with van der Waals surface area (Å²) in [6, 6.07) is 23.3. The zero-order valence-corrected chi connectivity index (χ0v) is 20.0. The lowest BCUT2D eigenvalue weighted by Gasteiger charge is -2.17. The number of hydrogen-bond donors (Lipinski definition) is 0. The van der Waals surface area contributed by atoms with Crippen LogP contribution >= 0.6 is 15.9 Å². The van der Waals surface area contributed by atoms with Gasteiger partial charge in [0.05, 0.1) is 11.0 Å². The minimum Gasteiger partial charge on any atom is -0.0616 e. The van der Waals surface area contributed by atoms with Crippen LogP contribution in [-0.2, 0) is 0 Å². The topological polar surface area (TPSA) is 0 Å². The van der Waals surface area contributed by atoms with Gasteiger partial charge in [0.25, 0.3) is 0 Å². The molecule has 0 aromatic heterocycles. The monoisotopic (exact) mass is 516 g/mol. The molecule has 35 heavy (non-hydrogen) atoms. The van der Waals surface area contributed by atoms with E-state index in [2.05, 4.69) is 46.3 Å². The van der Waals surface area contributed by atoms with Gasteiger partial charge in [0, 0.05) is 4.47 Å². The van der Waals surface area contributed by atoms with Crippen molar-refractivity contribution in [3.8, 4) is 22.3 Å². The van der Waals surface area contributed by atoms with Crippen molar-refractivity contribution in [1.82, 2.24) is 0 Å². The van der Waals surface area contributed by atoms with Crippen LogP contribution in [0, 0.1) is 0 Å². The molecule has 0 N–H and O–H groups in total. The van der Waals surface area contributed by atoms with E-state index >= 15 is 0 Å². The molecular weight excluding hydrogens is 488 g/mol.